The predicted molar refractivity (Wildman–Crippen MR) is 69.9 cm³/mol. The summed E-state index contributed by atoms with van der Waals surface area (Å²) >= 11 is 8.92. The molecule has 0 radical (unpaired) electrons. The molecule has 1 aromatic carbocycles. The van der Waals surface area contributed by atoms with Crippen molar-refractivity contribution in [3.63, 3.8) is 0 Å². The van der Waals surface area contributed by atoms with Crippen molar-refractivity contribution >= 4 is 33.2 Å². The Balaban J connectivity index is 2.18. The van der Waals surface area contributed by atoms with E-state index >= 15 is 0 Å². The lowest BCUT2D eigenvalue weighted by atomic mass is 10.2. The average molecular weight is 319 g/mol. The van der Waals surface area contributed by atoms with Crippen molar-refractivity contribution in [2.45, 2.75) is 13.0 Å². The van der Waals surface area contributed by atoms with Crippen LogP contribution in [-0.2, 0) is 0 Å². The molecule has 0 bridgehead atoms. The number of rotatable bonds is 3. The Kier molecular flexibility index (Phi) is 3.74. The maximum absolute atomic E-state index is 13.6. The molecular formula is C12H10BrClFNO. The first-order chi connectivity index (χ1) is 8.08. The van der Waals surface area contributed by atoms with Crippen LogP contribution >= 0.6 is 27.5 Å². The average Bonchev–Trinajstić information content (AvgIpc) is 2.72. The summed E-state index contributed by atoms with van der Waals surface area (Å²) in [7, 11) is 0. The van der Waals surface area contributed by atoms with Gasteiger partial charge < -0.3 is 9.73 Å². The van der Waals surface area contributed by atoms with Crippen LogP contribution in [0.4, 0.5) is 10.1 Å². The molecule has 2 nitrogen and oxygen atoms in total. The fourth-order valence-electron chi connectivity index (χ4n) is 1.48. The number of benzene rings is 1. The van der Waals surface area contributed by atoms with Crippen LogP contribution in [0.15, 0.2) is 39.4 Å². The van der Waals surface area contributed by atoms with E-state index in [9.17, 15) is 4.39 Å². The van der Waals surface area contributed by atoms with Crippen LogP contribution < -0.4 is 5.32 Å². The zero-order chi connectivity index (χ0) is 12.4. The van der Waals surface area contributed by atoms with Crippen LogP contribution in [-0.4, -0.2) is 0 Å². The van der Waals surface area contributed by atoms with Crippen LogP contribution in [0.3, 0.4) is 0 Å². The summed E-state index contributed by atoms with van der Waals surface area (Å²) in [6, 6.07) is 8.31. The molecule has 0 saturated carbocycles. The van der Waals surface area contributed by atoms with E-state index in [4.69, 9.17) is 16.0 Å². The topological polar surface area (TPSA) is 25.2 Å². The Bertz CT molecular complexity index is 529. The van der Waals surface area contributed by atoms with E-state index in [1.165, 1.54) is 6.07 Å². The van der Waals surface area contributed by atoms with Gasteiger partial charge in [-0.25, -0.2) is 4.39 Å². The molecular weight excluding hydrogens is 308 g/mol. The summed E-state index contributed by atoms with van der Waals surface area (Å²) in [6.07, 6.45) is 0. The highest BCUT2D eigenvalue weighted by Crippen LogP contribution is 2.27. The van der Waals surface area contributed by atoms with E-state index in [1.807, 2.05) is 13.0 Å². The van der Waals surface area contributed by atoms with Crippen LogP contribution in [0.5, 0.6) is 0 Å². The van der Waals surface area contributed by atoms with E-state index < -0.39 is 5.82 Å². The van der Waals surface area contributed by atoms with E-state index in [-0.39, 0.29) is 11.1 Å². The normalized spacial score (nSPS) is 12.5. The molecule has 2 aromatic rings. The second-order valence-electron chi connectivity index (χ2n) is 3.61. The van der Waals surface area contributed by atoms with Crippen LogP contribution in [0, 0.1) is 5.82 Å². The van der Waals surface area contributed by atoms with Gasteiger partial charge in [0.1, 0.15) is 5.76 Å². The zero-order valence-corrected chi connectivity index (χ0v) is 11.3. The van der Waals surface area contributed by atoms with Gasteiger partial charge in [-0.15, -0.1) is 0 Å². The Morgan fingerprint density at radius 1 is 1.35 bits per heavy atom. The molecule has 0 saturated heterocycles. The maximum Gasteiger partial charge on any atom is 0.169 e. The molecule has 1 heterocycles. The predicted octanol–water partition coefficient (Wildman–Crippen LogP) is 5.01. The smallest absolute Gasteiger partial charge is 0.169 e. The SMILES string of the molecule is CC(Nc1cccc(Cl)c1F)c1ccc(Br)o1. The number of halogens is 3. The van der Waals surface area contributed by atoms with Crippen molar-refractivity contribution in [1.29, 1.82) is 0 Å². The Hall–Kier alpha value is -1.000. The lowest BCUT2D eigenvalue weighted by molar-refractivity contribution is 0.470. The maximum atomic E-state index is 13.6. The van der Waals surface area contributed by atoms with Gasteiger partial charge in [-0.2, -0.15) is 0 Å². The van der Waals surface area contributed by atoms with E-state index in [0.29, 0.717) is 10.4 Å². The van der Waals surface area contributed by atoms with Crippen LogP contribution in [0.2, 0.25) is 5.02 Å². The van der Waals surface area contributed by atoms with Gasteiger partial charge in [0.2, 0.25) is 0 Å². The third-order valence-corrected chi connectivity index (χ3v) is 3.06. The number of anilines is 1. The van der Waals surface area contributed by atoms with Crippen LogP contribution in [0.25, 0.3) is 0 Å². The lowest BCUT2D eigenvalue weighted by Crippen LogP contribution is -2.07. The number of hydrogen-bond donors (Lipinski definition) is 1. The van der Waals surface area contributed by atoms with Crippen molar-refractivity contribution in [1.82, 2.24) is 0 Å². The quantitative estimate of drug-likeness (QED) is 0.860. The van der Waals surface area contributed by atoms with Gasteiger partial charge >= 0.3 is 0 Å². The fraction of sp³-hybridized carbons (Fsp3) is 0.167. The van der Waals surface area contributed by atoms with Gasteiger partial charge in [-0.1, -0.05) is 17.7 Å². The van der Waals surface area contributed by atoms with Crippen molar-refractivity contribution in [3.05, 3.63) is 51.6 Å². The van der Waals surface area contributed by atoms with E-state index in [2.05, 4.69) is 21.2 Å². The minimum absolute atomic E-state index is 0.0998. The van der Waals surface area contributed by atoms with Gasteiger partial charge in [0, 0.05) is 0 Å². The fourth-order valence-corrected chi connectivity index (χ4v) is 1.97. The summed E-state index contributed by atoms with van der Waals surface area (Å²) in [5, 5.41) is 3.11. The largest absolute Gasteiger partial charge is 0.452 e. The van der Waals surface area contributed by atoms with E-state index in [1.54, 1.807) is 18.2 Å². The van der Waals surface area contributed by atoms with Crippen molar-refractivity contribution < 1.29 is 8.81 Å². The Labute approximate surface area is 112 Å². The molecule has 0 aliphatic rings. The minimum Gasteiger partial charge on any atom is -0.452 e. The molecule has 17 heavy (non-hydrogen) atoms. The first kappa shape index (κ1) is 12.5. The van der Waals surface area contributed by atoms with Gasteiger partial charge in [0.05, 0.1) is 16.8 Å². The van der Waals surface area contributed by atoms with E-state index in [0.717, 1.165) is 5.76 Å². The van der Waals surface area contributed by atoms with Gasteiger partial charge in [-0.05, 0) is 47.1 Å². The third-order valence-electron chi connectivity index (χ3n) is 2.34. The standard InChI is InChI=1S/C12H10BrClFNO/c1-7(10-5-6-11(13)17-10)16-9-4-2-3-8(14)12(9)15/h2-7,16H,1H3. The van der Waals surface area contributed by atoms with Gasteiger partial charge in [-0.3, -0.25) is 0 Å². The molecule has 5 heteroatoms. The highest BCUT2D eigenvalue weighted by molar-refractivity contribution is 9.10. The molecule has 0 fully saturated rings. The van der Waals surface area contributed by atoms with Crippen molar-refractivity contribution in [2.75, 3.05) is 5.32 Å². The molecule has 0 aliphatic heterocycles. The summed E-state index contributed by atoms with van der Waals surface area (Å²) in [6.45, 7) is 1.88. The monoisotopic (exact) mass is 317 g/mol. The number of furan rings is 1. The van der Waals surface area contributed by atoms with Crippen molar-refractivity contribution in [3.8, 4) is 0 Å². The second-order valence-corrected chi connectivity index (χ2v) is 4.80. The van der Waals surface area contributed by atoms with Crippen LogP contribution in [0.1, 0.15) is 18.7 Å². The highest BCUT2D eigenvalue weighted by Gasteiger charge is 2.13. The molecule has 1 unspecified atom stereocenters. The number of nitrogens with one attached hydrogen (secondary N) is 1. The summed E-state index contributed by atoms with van der Waals surface area (Å²) in [4.78, 5) is 0. The molecule has 1 aromatic heterocycles. The lowest BCUT2D eigenvalue weighted by Gasteiger charge is -2.13. The third kappa shape index (κ3) is 2.82. The Morgan fingerprint density at radius 3 is 2.76 bits per heavy atom. The molecule has 0 aliphatic carbocycles. The minimum atomic E-state index is -0.452. The molecule has 1 atom stereocenters. The second kappa shape index (κ2) is 5.10. The molecule has 0 spiro atoms. The van der Waals surface area contributed by atoms with Crippen molar-refractivity contribution in [2.24, 2.45) is 0 Å². The zero-order valence-electron chi connectivity index (χ0n) is 9.01. The summed E-state index contributed by atoms with van der Waals surface area (Å²) in [5.74, 6) is 0.267. The summed E-state index contributed by atoms with van der Waals surface area (Å²) < 4.78 is 19.7. The first-order valence-corrected chi connectivity index (χ1v) is 6.21. The number of hydrogen-bond acceptors (Lipinski definition) is 2. The molecule has 90 valence electrons. The first-order valence-electron chi connectivity index (χ1n) is 5.03. The summed E-state index contributed by atoms with van der Waals surface area (Å²) in [5.41, 5.74) is 0.359. The van der Waals surface area contributed by atoms with Gasteiger partial charge in [0.25, 0.3) is 0 Å². The van der Waals surface area contributed by atoms with Gasteiger partial charge in [0.15, 0.2) is 10.5 Å². The molecule has 2 rings (SSSR count). The highest BCUT2D eigenvalue weighted by atomic mass is 79.9. The Morgan fingerprint density at radius 2 is 2.12 bits per heavy atom. The molecule has 1 N–H and O–H groups in total. The molecule has 0 amide bonds.